The van der Waals surface area contributed by atoms with E-state index in [1.807, 2.05) is 19.2 Å². The summed E-state index contributed by atoms with van der Waals surface area (Å²) in [6.45, 7) is 7.73. The molecule has 1 fully saturated rings. The number of hydrogen-bond donors (Lipinski definition) is 0. The van der Waals surface area contributed by atoms with E-state index in [0.717, 1.165) is 49.8 Å². The minimum Gasteiger partial charge on any atom is -0.494 e. The SMILES string of the molecule is CCOc1ccc(CN2CCN(c3cnn4cnnc4c3)CC2)cc1. The molecule has 0 unspecified atom stereocenters. The molecule has 0 aliphatic carbocycles. The first-order chi connectivity index (χ1) is 12.3. The Morgan fingerprint density at radius 2 is 1.88 bits per heavy atom. The van der Waals surface area contributed by atoms with Crippen molar-refractivity contribution in [3.8, 4) is 5.75 Å². The molecular weight excluding hydrogens is 316 g/mol. The Morgan fingerprint density at radius 3 is 2.64 bits per heavy atom. The lowest BCUT2D eigenvalue weighted by molar-refractivity contribution is 0.249. The summed E-state index contributed by atoms with van der Waals surface area (Å²) in [7, 11) is 0. The van der Waals surface area contributed by atoms with Crippen molar-refractivity contribution in [1.82, 2.24) is 24.7 Å². The van der Waals surface area contributed by atoms with Gasteiger partial charge in [0.1, 0.15) is 12.1 Å². The van der Waals surface area contributed by atoms with Crippen LogP contribution in [0.2, 0.25) is 0 Å². The van der Waals surface area contributed by atoms with Crippen molar-refractivity contribution in [3.63, 3.8) is 0 Å². The maximum atomic E-state index is 5.50. The molecule has 1 aliphatic rings. The Morgan fingerprint density at radius 1 is 1.08 bits per heavy atom. The molecule has 0 saturated carbocycles. The summed E-state index contributed by atoms with van der Waals surface area (Å²) in [5, 5.41) is 12.3. The van der Waals surface area contributed by atoms with E-state index < -0.39 is 0 Å². The van der Waals surface area contributed by atoms with Gasteiger partial charge in [-0.05, 0) is 24.6 Å². The van der Waals surface area contributed by atoms with E-state index in [4.69, 9.17) is 4.74 Å². The van der Waals surface area contributed by atoms with Gasteiger partial charge in [-0.25, -0.2) is 4.52 Å². The molecule has 0 spiro atoms. The zero-order valence-corrected chi connectivity index (χ0v) is 14.4. The molecule has 0 atom stereocenters. The number of rotatable bonds is 5. The van der Waals surface area contributed by atoms with Crippen LogP contribution in [0, 0.1) is 0 Å². The second-order valence-corrected chi connectivity index (χ2v) is 6.19. The van der Waals surface area contributed by atoms with Crippen molar-refractivity contribution in [2.45, 2.75) is 13.5 Å². The highest BCUT2D eigenvalue weighted by molar-refractivity contribution is 5.53. The lowest BCUT2D eigenvalue weighted by Gasteiger charge is -2.35. The predicted molar refractivity (Wildman–Crippen MR) is 95.9 cm³/mol. The molecule has 3 heterocycles. The zero-order valence-electron chi connectivity index (χ0n) is 14.4. The van der Waals surface area contributed by atoms with Crippen LogP contribution < -0.4 is 9.64 Å². The standard InChI is InChI=1S/C18H22N6O/c1-2-25-17-5-3-15(4-6-17)13-22-7-9-23(10-8-22)16-11-18-21-19-14-24(18)20-12-16/h3-6,11-12,14H,2,7-10,13H2,1H3. The van der Waals surface area contributed by atoms with Gasteiger partial charge in [0.05, 0.1) is 18.5 Å². The first kappa shape index (κ1) is 15.8. The third-order valence-corrected chi connectivity index (χ3v) is 4.53. The van der Waals surface area contributed by atoms with Gasteiger partial charge in [0.15, 0.2) is 5.65 Å². The van der Waals surface area contributed by atoms with Crippen LogP contribution in [0.15, 0.2) is 42.9 Å². The highest BCUT2D eigenvalue weighted by Gasteiger charge is 2.18. The van der Waals surface area contributed by atoms with Crippen LogP contribution in [0.4, 0.5) is 5.69 Å². The van der Waals surface area contributed by atoms with Gasteiger partial charge in [-0.15, -0.1) is 10.2 Å². The molecule has 1 aromatic carbocycles. The molecule has 0 radical (unpaired) electrons. The van der Waals surface area contributed by atoms with Gasteiger partial charge in [-0.3, -0.25) is 4.90 Å². The summed E-state index contributed by atoms with van der Waals surface area (Å²) >= 11 is 0. The Hall–Kier alpha value is -2.67. The number of fused-ring (bicyclic) bond motifs is 1. The number of ether oxygens (including phenoxy) is 1. The fraction of sp³-hybridized carbons (Fsp3) is 0.389. The molecule has 1 aliphatic heterocycles. The summed E-state index contributed by atoms with van der Waals surface area (Å²) in [5.74, 6) is 0.937. The normalized spacial score (nSPS) is 15.6. The van der Waals surface area contributed by atoms with E-state index in [9.17, 15) is 0 Å². The first-order valence-electron chi connectivity index (χ1n) is 8.67. The fourth-order valence-corrected chi connectivity index (χ4v) is 3.17. The van der Waals surface area contributed by atoms with Crippen molar-refractivity contribution in [2.24, 2.45) is 0 Å². The summed E-state index contributed by atoms with van der Waals surface area (Å²) in [6.07, 6.45) is 3.51. The average molecular weight is 338 g/mol. The second-order valence-electron chi connectivity index (χ2n) is 6.19. The molecule has 3 aromatic rings. The highest BCUT2D eigenvalue weighted by Crippen LogP contribution is 2.18. The molecule has 0 N–H and O–H groups in total. The Balaban J connectivity index is 1.34. The molecule has 2 aromatic heterocycles. The third-order valence-electron chi connectivity index (χ3n) is 4.53. The highest BCUT2D eigenvalue weighted by atomic mass is 16.5. The Kier molecular flexibility index (Phi) is 4.47. The Bertz CT molecular complexity index is 823. The number of anilines is 1. The minimum atomic E-state index is 0.705. The van der Waals surface area contributed by atoms with E-state index in [2.05, 4.69) is 49.4 Å². The molecule has 130 valence electrons. The smallest absolute Gasteiger partial charge is 0.179 e. The van der Waals surface area contributed by atoms with Crippen LogP contribution in [0.1, 0.15) is 12.5 Å². The lowest BCUT2D eigenvalue weighted by atomic mass is 10.2. The zero-order chi connectivity index (χ0) is 17.1. The van der Waals surface area contributed by atoms with Gasteiger partial charge in [-0.1, -0.05) is 12.1 Å². The van der Waals surface area contributed by atoms with Gasteiger partial charge in [-0.2, -0.15) is 5.10 Å². The molecule has 7 heteroatoms. The van der Waals surface area contributed by atoms with Gasteiger partial charge < -0.3 is 9.64 Å². The summed E-state index contributed by atoms with van der Waals surface area (Å²) in [5.41, 5.74) is 3.22. The molecule has 7 nitrogen and oxygen atoms in total. The van der Waals surface area contributed by atoms with Gasteiger partial charge in [0.2, 0.25) is 0 Å². The molecule has 25 heavy (non-hydrogen) atoms. The van der Waals surface area contributed by atoms with Crippen LogP contribution in [0.5, 0.6) is 5.75 Å². The maximum absolute atomic E-state index is 5.50. The summed E-state index contributed by atoms with van der Waals surface area (Å²) < 4.78 is 7.19. The average Bonchev–Trinajstić information content (AvgIpc) is 3.12. The second kappa shape index (κ2) is 7.06. The molecular formula is C18H22N6O. The van der Waals surface area contributed by atoms with Crippen molar-refractivity contribution in [2.75, 3.05) is 37.7 Å². The van der Waals surface area contributed by atoms with Crippen LogP contribution in [0.25, 0.3) is 5.65 Å². The number of aromatic nitrogens is 4. The van der Waals surface area contributed by atoms with E-state index in [-0.39, 0.29) is 0 Å². The number of benzene rings is 1. The van der Waals surface area contributed by atoms with Gasteiger partial charge >= 0.3 is 0 Å². The molecule has 0 bridgehead atoms. The summed E-state index contributed by atoms with van der Waals surface area (Å²) in [4.78, 5) is 4.84. The third kappa shape index (κ3) is 3.56. The van der Waals surface area contributed by atoms with Crippen molar-refractivity contribution < 1.29 is 4.74 Å². The monoisotopic (exact) mass is 338 g/mol. The first-order valence-corrected chi connectivity index (χ1v) is 8.67. The van der Waals surface area contributed by atoms with Gasteiger partial charge in [0.25, 0.3) is 0 Å². The van der Waals surface area contributed by atoms with E-state index in [0.29, 0.717) is 6.61 Å². The summed E-state index contributed by atoms with van der Waals surface area (Å²) in [6, 6.07) is 10.5. The van der Waals surface area contributed by atoms with Crippen molar-refractivity contribution in [1.29, 1.82) is 0 Å². The fourth-order valence-electron chi connectivity index (χ4n) is 3.17. The lowest BCUT2D eigenvalue weighted by Crippen LogP contribution is -2.46. The molecule has 1 saturated heterocycles. The number of hydrogen-bond acceptors (Lipinski definition) is 6. The molecule has 0 amide bonds. The molecule has 4 rings (SSSR count). The minimum absolute atomic E-state index is 0.705. The topological polar surface area (TPSA) is 58.8 Å². The van der Waals surface area contributed by atoms with Gasteiger partial charge in [0, 0.05) is 38.8 Å². The van der Waals surface area contributed by atoms with Crippen LogP contribution >= 0.6 is 0 Å². The van der Waals surface area contributed by atoms with Crippen LogP contribution in [-0.2, 0) is 6.54 Å². The van der Waals surface area contributed by atoms with Crippen LogP contribution in [-0.4, -0.2) is 57.5 Å². The van der Waals surface area contributed by atoms with Crippen molar-refractivity contribution >= 4 is 11.3 Å². The predicted octanol–water partition coefficient (Wildman–Crippen LogP) is 1.85. The van der Waals surface area contributed by atoms with E-state index in [1.165, 1.54) is 5.56 Å². The van der Waals surface area contributed by atoms with E-state index in [1.54, 1.807) is 10.8 Å². The number of piperazine rings is 1. The van der Waals surface area contributed by atoms with Crippen LogP contribution in [0.3, 0.4) is 0 Å². The number of nitrogens with zero attached hydrogens (tertiary/aromatic N) is 6. The maximum Gasteiger partial charge on any atom is 0.179 e. The quantitative estimate of drug-likeness (QED) is 0.708. The van der Waals surface area contributed by atoms with E-state index >= 15 is 0 Å². The largest absolute Gasteiger partial charge is 0.494 e. The van der Waals surface area contributed by atoms with Crippen molar-refractivity contribution in [3.05, 3.63) is 48.4 Å². The Labute approximate surface area is 146 Å².